The lowest BCUT2D eigenvalue weighted by molar-refractivity contribution is 0.487. The highest BCUT2D eigenvalue weighted by molar-refractivity contribution is 5.80. The van der Waals surface area contributed by atoms with E-state index in [0.717, 1.165) is 11.1 Å². The predicted molar refractivity (Wildman–Crippen MR) is 87.2 cm³/mol. The maximum atomic E-state index is 6.25. The van der Waals surface area contributed by atoms with Gasteiger partial charge >= 0.3 is 0 Å². The molecule has 0 saturated carbocycles. The number of anilines is 2. The predicted octanol–water partition coefficient (Wildman–Crippen LogP) is 4.31. The van der Waals surface area contributed by atoms with Gasteiger partial charge in [-0.05, 0) is 23.8 Å². The van der Waals surface area contributed by atoms with Gasteiger partial charge in [-0.3, -0.25) is 0 Å². The number of ether oxygens (including phenoxy) is 1. The van der Waals surface area contributed by atoms with Crippen LogP contribution in [0.2, 0.25) is 0 Å². The first-order valence-electron chi connectivity index (χ1n) is 6.72. The third-order valence-corrected chi connectivity index (χ3v) is 3.29. The van der Waals surface area contributed by atoms with Crippen LogP contribution in [0.1, 0.15) is 0 Å². The van der Waals surface area contributed by atoms with Crippen LogP contribution in [0.3, 0.4) is 0 Å². The first kappa shape index (κ1) is 13.1. The van der Waals surface area contributed by atoms with Gasteiger partial charge in [0, 0.05) is 5.56 Å². The molecule has 0 aliphatic heterocycles. The molecular formula is C18H16N2O. The first-order valence-corrected chi connectivity index (χ1v) is 6.72. The van der Waals surface area contributed by atoms with Crippen LogP contribution in [-0.2, 0) is 0 Å². The lowest BCUT2D eigenvalue weighted by atomic mass is 10.0. The molecule has 0 aliphatic carbocycles. The zero-order valence-corrected chi connectivity index (χ0v) is 11.5. The third kappa shape index (κ3) is 2.67. The smallest absolute Gasteiger partial charge is 0.151 e. The van der Waals surface area contributed by atoms with Gasteiger partial charge in [0.15, 0.2) is 5.75 Å². The molecule has 0 heterocycles. The first-order chi connectivity index (χ1) is 10.3. The lowest BCUT2D eigenvalue weighted by Gasteiger charge is -2.13. The Morgan fingerprint density at radius 2 is 1.29 bits per heavy atom. The van der Waals surface area contributed by atoms with E-state index in [-0.39, 0.29) is 0 Å². The standard InChI is InChI=1S/C18H16N2O/c19-15-10-4-5-11-16(15)21-17-12-6-9-14(18(17)20)13-7-2-1-3-8-13/h1-12H,19-20H2. The summed E-state index contributed by atoms with van der Waals surface area (Å²) < 4.78 is 5.85. The summed E-state index contributed by atoms with van der Waals surface area (Å²) in [5, 5.41) is 0. The Kier molecular flexibility index (Phi) is 3.48. The SMILES string of the molecule is Nc1ccccc1Oc1cccc(-c2ccccc2)c1N. The van der Waals surface area contributed by atoms with Gasteiger partial charge in [-0.25, -0.2) is 0 Å². The van der Waals surface area contributed by atoms with Crippen molar-refractivity contribution < 1.29 is 4.74 Å². The Labute approximate surface area is 123 Å². The zero-order valence-electron chi connectivity index (χ0n) is 11.5. The highest BCUT2D eigenvalue weighted by Gasteiger charge is 2.09. The van der Waals surface area contributed by atoms with Crippen molar-refractivity contribution >= 4 is 11.4 Å². The highest BCUT2D eigenvalue weighted by Crippen LogP contribution is 2.36. The van der Waals surface area contributed by atoms with Crippen molar-refractivity contribution in [3.63, 3.8) is 0 Å². The molecule has 0 bridgehead atoms. The molecule has 3 aromatic carbocycles. The molecule has 0 aliphatic rings. The van der Waals surface area contributed by atoms with E-state index in [4.69, 9.17) is 16.2 Å². The normalized spacial score (nSPS) is 10.3. The van der Waals surface area contributed by atoms with E-state index < -0.39 is 0 Å². The number of nitrogen functional groups attached to an aromatic ring is 2. The van der Waals surface area contributed by atoms with Gasteiger partial charge in [0.2, 0.25) is 0 Å². The van der Waals surface area contributed by atoms with E-state index in [9.17, 15) is 0 Å². The van der Waals surface area contributed by atoms with E-state index in [2.05, 4.69) is 0 Å². The van der Waals surface area contributed by atoms with Crippen LogP contribution >= 0.6 is 0 Å². The van der Waals surface area contributed by atoms with Crippen LogP contribution in [0.15, 0.2) is 72.8 Å². The quantitative estimate of drug-likeness (QED) is 0.701. The summed E-state index contributed by atoms with van der Waals surface area (Å²) in [6.07, 6.45) is 0. The summed E-state index contributed by atoms with van der Waals surface area (Å²) in [5.74, 6) is 1.21. The largest absolute Gasteiger partial charge is 0.453 e. The van der Waals surface area contributed by atoms with Crippen LogP contribution < -0.4 is 16.2 Å². The van der Waals surface area contributed by atoms with Gasteiger partial charge < -0.3 is 16.2 Å². The summed E-state index contributed by atoms with van der Waals surface area (Å²) in [6, 6.07) is 23.1. The summed E-state index contributed by atoms with van der Waals surface area (Å²) in [4.78, 5) is 0. The molecule has 3 nitrogen and oxygen atoms in total. The molecule has 21 heavy (non-hydrogen) atoms. The molecule has 3 heteroatoms. The number of hydrogen-bond donors (Lipinski definition) is 2. The second-order valence-electron chi connectivity index (χ2n) is 4.72. The fraction of sp³-hybridized carbons (Fsp3) is 0. The van der Waals surface area contributed by atoms with Crippen LogP contribution in [0.4, 0.5) is 11.4 Å². The van der Waals surface area contributed by atoms with Gasteiger partial charge in [0.1, 0.15) is 5.75 Å². The zero-order chi connectivity index (χ0) is 14.7. The maximum Gasteiger partial charge on any atom is 0.151 e. The van der Waals surface area contributed by atoms with Gasteiger partial charge in [-0.2, -0.15) is 0 Å². The van der Waals surface area contributed by atoms with Gasteiger partial charge in [0.25, 0.3) is 0 Å². The molecule has 0 fully saturated rings. The highest BCUT2D eigenvalue weighted by atomic mass is 16.5. The fourth-order valence-electron chi connectivity index (χ4n) is 2.19. The molecule has 0 spiro atoms. The number of rotatable bonds is 3. The molecule has 4 N–H and O–H groups in total. The van der Waals surface area contributed by atoms with Crippen molar-refractivity contribution in [2.24, 2.45) is 0 Å². The van der Waals surface area contributed by atoms with Crippen molar-refractivity contribution in [1.82, 2.24) is 0 Å². The molecule has 0 saturated heterocycles. The second kappa shape index (κ2) is 5.59. The monoisotopic (exact) mass is 276 g/mol. The second-order valence-corrected chi connectivity index (χ2v) is 4.72. The minimum absolute atomic E-state index is 0.585. The van der Waals surface area contributed by atoms with Crippen LogP contribution in [0, 0.1) is 0 Å². The number of para-hydroxylation sites is 3. The van der Waals surface area contributed by atoms with Crippen molar-refractivity contribution in [3.8, 4) is 22.6 Å². The minimum atomic E-state index is 0.585. The topological polar surface area (TPSA) is 61.3 Å². The summed E-state index contributed by atoms with van der Waals surface area (Å²) in [6.45, 7) is 0. The van der Waals surface area contributed by atoms with E-state index >= 15 is 0 Å². The Balaban J connectivity index is 2.00. The summed E-state index contributed by atoms with van der Waals surface area (Å²) in [7, 11) is 0. The molecule has 0 atom stereocenters. The maximum absolute atomic E-state index is 6.25. The van der Waals surface area contributed by atoms with E-state index in [1.165, 1.54) is 0 Å². The van der Waals surface area contributed by atoms with Crippen molar-refractivity contribution in [2.45, 2.75) is 0 Å². The molecular weight excluding hydrogens is 260 g/mol. The Hall–Kier alpha value is -2.94. The number of hydrogen-bond acceptors (Lipinski definition) is 3. The molecule has 104 valence electrons. The summed E-state index contributed by atoms with van der Waals surface area (Å²) in [5.41, 5.74) is 15.3. The Bertz CT molecular complexity index is 754. The van der Waals surface area contributed by atoms with E-state index in [1.54, 1.807) is 6.07 Å². The molecule has 0 amide bonds. The van der Waals surface area contributed by atoms with Gasteiger partial charge in [-0.1, -0.05) is 54.6 Å². The molecule has 3 rings (SSSR count). The molecule has 0 radical (unpaired) electrons. The van der Waals surface area contributed by atoms with Crippen LogP contribution in [0.5, 0.6) is 11.5 Å². The molecule has 3 aromatic rings. The number of nitrogens with two attached hydrogens (primary N) is 2. The summed E-state index contributed by atoms with van der Waals surface area (Å²) >= 11 is 0. The minimum Gasteiger partial charge on any atom is -0.453 e. The van der Waals surface area contributed by atoms with Crippen molar-refractivity contribution in [2.75, 3.05) is 11.5 Å². The van der Waals surface area contributed by atoms with Crippen molar-refractivity contribution in [1.29, 1.82) is 0 Å². The van der Waals surface area contributed by atoms with Gasteiger partial charge in [-0.15, -0.1) is 0 Å². The number of benzene rings is 3. The Morgan fingerprint density at radius 3 is 2.05 bits per heavy atom. The van der Waals surface area contributed by atoms with Gasteiger partial charge in [0.05, 0.1) is 11.4 Å². The van der Waals surface area contributed by atoms with Crippen LogP contribution in [0.25, 0.3) is 11.1 Å². The van der Waals surface area contributed by atoms with Crippen molar-refractivity contribution in [3.05, 3.63) is 72.8 Å². The van der Waals surface area contributed by atoms with E-state index in [1.807, 2.05) is 66.7 Å². The lowest BCUT2D eigenvalue weighted by Crippen LogP contribution is -1.97. The Morgan fingerprint density at radius 1 is 0.619 bits per heavy atom. The third-order valence-electron chi connectivity index (χ3n) is 3.29. The fourth-order valence-corrected chi connectivity index (χ4v) is 2.19. The molecule has 0 aromatic heterocycles. The average molecular weight is 276 g/mol. The van der Waals surface area contributed by atoms with Crippen LogP contribution in [-0.4, -0.2) is 0 Å². The van der Waals surface area contributed by atoms with E-state index in [0.29, 0.717) is 22.9 Å². The average Bonchev–Trinajstić information content (AvgIpc) is 2.52. The molecule has 0 unspecified atom stereocenters.